The van der Waals surface area contributed by atoms with Crippen molar-refractivity contribution in [1.82, 2.24) is 4.90 Å². The van der Waals surface area contributed by atoms with Crippen molar-refractivity contribution in [2.24, 2.45) is 5.92 Å². The van der Waals surface area contributed by atoms with Gasteiger partial charge in [0.15, 0.2) is 0 Å². The molecule has 0 bridgehead atoms. The Labute approximate surface area is 104 Å². The maximum atomic E-state index is 13.5. The van der Waals surface area contributed by atoms with Crippen LogP contribution in [0.2, 0.25) is 0 Å². The number of halogens is 2. The Morgan fingerprint density at radius 1 is 1.56 bits per heavy atom. The maximum Gasteiger partial charge on any atom is 0.128 e. The molecule has 1 atom stereocenters. The van der Waals surface area contributed by atoms with Gasteiger partial charge in [-0.2, -0.15) is 5.26 Å². The van der Waals surface area contributed by atoms with E-state index in [-0.39, 0.29) is 11.7 Å². The first-order valence-electron chi connectivity index (χ1n) is 5.05. The molecule has 0 saturated heterocycles. The molecule has 0 aliphatic carbocycles. The quantitative estimate of drug-likeness (QED) is 0.849. The van der Waals surface area contributed by atoms with E-state index in [2.05, 4.69) is 22.0 Å². The van der Waals surface area contributed by atoms with Crippen molar-refractivity contribution in [3.05, 3.63) is 34.1 Å². The molecule has 0 aliphatic heterocycles. The van der Waals surface area contributed by atoms with Gasteiger partial charge in [0.1, 0.15) is 5.82 Å². The molecule has 1 aromatic carbocycles. The van der Waals surface area contributed by atoms with Crippen LogP contribution in [0.3, 0.4) is 0 Å². The van der Waals surface area contributed by atoms with Crippen LogP contribution in [0.4, 0.5) is 4.39 Å². The number of rotatable bonds is 4. The summed E-state index contributed by atoms with van der Waals surface area (Å²) in [7, 11) is 1.88. The highest BCUT2D eigenvalue weighted by atomic mass is 79.9. The van der Waals surface area contributed by atoms with E-state index in [4.69, 9.17) is 5.26 Å². The first kappa shape index (κ1) is 13.1. The van der Waals surface area contributed by atoms with Crippen LogP contribution in [0.15, 0.2) is 22.7 Å². The van der Waals surface area contributed by atoms with Crippen molar-refractivity contribution >= 4 is 15.9 Å². The van der Waals surface area contributed by atoms with Gasteiger partial charge in [-0.15, -0.1) is 0 Å². The fourth-order valence-electron chi connectivity index (χ4n) is 1.51. The van der Waals surface area contributed by atoms with Crippen molar-refractivity contribution in [3.8, 4) is 6.07 Å². The van der Waals surface area contributed by atoms with Crippen molar-refractivity contribution in [2.75, 3.05) is 13.6 Å². The third-order valence-electron chi connectivity index (χ3n) is 2.26. The summed E-state index contributed by atoms with van der Waals surface area (Å²) in [5, 5.41) is 8.68. The molecular formula is C12H14BrFN2. The van der Waals surface area contributed by atoms with Gasteiger partial charge in [0, 0.05) is 23.1 Å². The SMILES string of the molecule is CC(C#N)CN(C)Cc1ccc(Br)cc1F. The zero-order valence-electron chi connectivity index (χ0n) is 9.37. The van der Waals surface area contributed by atoms with Crippen LogP contribution in [-0.4, -0.2) is 18.5 Å². The summed E-state index contributed by atoms with van der Waals surface area (Å²) < 4.78 is 14.2. The van der Waals surface area contributed by atoms with E-state index in [1.807, 2.05) is 24.9 Å². The van der Waals surface area contributed by atoms with Crippen LogP contribution in [0.5, 0.6) is 0 Å². The van der Waals surface area contributed by atoms with Crippen LogP contribution >= 0.6 is 15.9 Å². The monoisotopic (exact) mass is 284 g/mol. The Balaban J connectivity index is 2.63. The van der Waals surface area contributed by atoms with E-state index in [9.17, 15) is 4.39 Å². The minimum atomic E-state index is -0.217. The smallest absolute Gasteiger partial charge is 0.128 e. The van der Waals surface area contributed by atoms with Gasteiger partial charge in [0.05, 0.1) is 12.0 Å². The molecule has 1 rings (SSSR count). The number of benzene rings is 1. The highest BCUT2D eigenvalue weighted by Gasteiger charge is 2.09. The van der Waals surface area contributed by atoms with Gasteiger partial charge in [0.25, 0.3) is 0 Å². The third kappa shape index (κ3) is 3.92. The Hall–Kier alpha value is -0.920. The van der Waals surface area contributed by atoms with E-state index in [0.717, 1.165) is 4.47 Å². The molecule has 1 aromatic rings. The topological polar surface area (TPSA) is 27.0 Å². The molecule has 86 valence electrons. The zero-order valence-corrected chi connectivity index (χ0v) is 11.0. The molecule has 0 aliphatic rings. The van der Waals surface area contributed by atoms with E-state index in [1.54, 1.807) is 6.07 Å². The summed E-state index contributed by atoms with van der Waals surface area (Å²) in [5.74, 6) is -0.255. The lowest BCUT2D eigenvalue weighted by atomic mass is 10.1. The number of hydrogen-bond donors (Lipinski definition) is 0. The first-order chi connectivity index (χ1) is 7.52. The Morgan fingerprint density at radius 3 is 2.81 bits per heavy atom. The predicted octanol–water partition coefficient (Wildman–Crippen LogP) is 3.18. The van der Waals surface area contributed by atoms with Crippen LogP contribution in [0, 0.1) is 23.1 Å². The Kier molecular flexibility index (Phi) is 4.91. The summed E-state index contributed by atoms with van der Waals surface area (Å²) in [4.78, 5) is 1.94. The number of hydrogen-bond acceptors (Lipinski definition) is 2. The standard InChI is InChI=1S/C12H14BrFN2/c1-9(6-15)7-16(2)8-10-3-4-11(13)5-12(10)14/h3-5,9H,7-8H2,1-2H3. The van der Waals surface area contributed by atoms with Gasteiger partial charge >= 0.3 is 0 Å². The van der Waals surface area contributed by atoms with Crippen molar-refractivity contribution in [1.29, 1.82) is 5.26 Å². The van der Waals surface area contributed by atoms with Crippen molar-refractivity contribution in [3.63, 3.8) is 0 Å². The van der Waals surface area contributed by atoms with Crippen LogP contribution < -0.4 is 0 Å². The highest BCUT2D eigenvalue weighted by Crippen LogP contribution is 2.16. The largest absolute Gasteiger partial charge is 0.301 e. The number of nitriles is 1. The van der Waals surface area contributed by atoms with Gasteiger partial charge in [-0.25, -0.2) is 4.39 Å². The molecule has 0 amide bonds. The minimum absolute atomic E-state index is 0.0384. The summed E-state index contributed by atoms with van der Waals surface area (Å²) in [6.07, 6.45) is 0. The molecule has 1 unspecified atom stereocenters. The molecule has 0 N–H and O–H groups in total. The molecule has 0 aromatic heterocycles. The van der Waals surface area contributed by atoms with Crippen molar-refractivity contribution in [2.45, 2.75) is 13.5 Å². The molecule has 0 saturated carbocycles. The highest BCUT2D eigenvalue weighted by molar-refractivity contribution is 9.10. The summed E-state index contributed by atoms with van der Waals surface area (Å²) in [6, 6.07) is 7.19. The normalized spacial score (nSPS) is 12.5. The summed E-state index contributed by atoms with van der Waals surface area (Å²) >= 11 is 3.22. The molecule has 0 spiro atoms. The Morgan fingerprint density at radius 2 is 2.25 bits per heavy atom. The van der Waals surface area contributed by atoms with Gasteiger partial charge < -0.3 is 4.90 Å². The second-order valence-electron chi connectivity index (χ2n) is 3.96. The average molecular weight is 285 g/mol. The molecule has 4 heteroatoms. The maximum absolute atomic E-state index is 13.5. The van der Waals surface area contributed by atoms with E-state index >= 15 is 0 Å². The molecule has 0 heterocycles. The van der Waals surface area contributed by atoms with Gasteiger partial charge in [-0.05, 0) is 26.1 Å². The second kappa shape index (κ2) is 5.97. The number of nitrogens with zero attached hydrogens (tertiary/aromatic N) is 2. The van der Waals surface area contributed by atoms with Crippen LogP contribution in [0.1, 0.15) is 12.5 Å². The minimum Gasteiger partial charge on any atom is -0.301 e. The predicted molar refractivity (Wildman–Crippen MR) is 65.2 cm³/mol. The van der Waals surface area contributed by atoms with Gasteiger partial charge in [-0.1, -0.05) is 22.0 Å². The second-order valence-corrected chi connectivity index (χ2v) is 4.88. The fraction of sp³-hybridized carbons (Fsp3) is 0.417. The van der Waals surface area contributed by atoms with E-state index < -0.39 is 0 Å². The van der Waals surface area contributed by atoms with Gasteiger partial charge in [0.2, 0.25) is 0 Å². The third-order valence-corrected chi connectivity index (χ3v) is 2.75. The van der Waals surface area contributed by atoms with Gasteiger partial charge in [-0.3, -0.25) is 0 Å². The van der Waals surface area contributed by atoms with E-state index in [1.165, 1.54) is 6.07 Å². The summed E-state index contributed by atoms with van der Waals surface area (Å²) in [6.45, 7) is 3.02. The van der Waals surface area contributed by atoms with Crippen LogP contribution in [-0.2, 0) is 6.54 Å². The Bertz CT molecular complexity index is 400. The molecule has 2 nitrogen and oxygen atoms in total. The average Bonchev–Trinajstić information content (AvgIpc) is 2.22. The zero-order chi connectivity index (χ0) is 12.1. The first-order valence-corrected chi connectivity index (χ1v) is 5.84. The van der Waals surface area contributed by atoms with Crippen molar-refractivity contribution < 1.29 is 4.39 Å². The lowest BCUT2D eigenvalue weighted by Gasteiger charge is -2.18. The molecule has 0 fully saturated rings. The molecular weight excluding hydrogens is 271 g/mol. The van der Waals surface area contributed by atoms with E-state index in [0.29, 0.717) is 18.7 Å². The molecule has 16 heavy (non-hydrogen) atoms. The summed E-state index contributed by atoms with van der Waals surface area (Å²) in [5.41, 5.74) is 0.649. The fourth-order valence-corrected chi connectivity index (χ4v) is 1.85. The lowest BCUT2D eigenvalue weighted by molar-refractivity contribution is 0.298. The lowest BCUT2D eigenvalue weighted by Crippen LogP contribution is -2.23. The molecule has 0 radical (unpaired) electrons. The van der Waals surface area contributed by atoms with Crippen LogP contribution in [0.25, 0.3) is 0 Å².